The third-order valence-corrected chi connectivity index (χ3v) is 5.22. The molecule has 1 unspecified atom stereocenters. The molecule has 6 heteroatoms. The van der Waals surface area contributed by atoms with E-state index in [1.807, 2.05) is 23.8 Å². The lowest BCUT2D eigenvalue weighted by Gasteiger charge is -2.33. The molecule has 0 aromatic carbocycles. The zero-order valence-electron chi connectivity index (χ0n) is 16.5. The third-order valence-electron chi connectivity index (χ3n) is 5.22. The van der Waals surface area contributed by atoms with E-state index in [4.69, 9.17) is 4.42 Å². The number of likely N-dealkylation sites (tertiary alicyclic amines) is 1. The van der Waals surface area contributed by atoms with E-state index in [1.54, 1.807) is 17.4 Å². The molecule has 0 radical (unpaired) electrons. The quantitative estimate of drug-likeness (QED) is 0.781. The van der Waals surface area contributed by atoms with Crippen molar-refractivity contribution in [2.45, 2.75) is 53.0 Å². The summed E-state index contributed by atoms with van der Waals surface area (Å²) < 4.78 is 7.49. The normalized spacial score (nSPS) is 17.5. The predicted molar refractivity (Wildman–Crippen MR) is 104 cm³/mol. The van der Waals surface area contributed by atoms with Gasteiger partial charge in [-0.2, -0.15) is 0 Å². The van der Waals surface area contributed by atoms with Gasteiger partial charge in [-0.25, -0.2) is 9.78 Å². The van der Waals surface area contributed by atoms with Crippen LogP contribution in [0.2, 0.25) is 0 Å². The van der Waals surface area contributed by atoms with E-state index >= 15 is 0 Å². The number of carbonyl (C=O) groups is 1. The van der Waals surface area contributed by atoms with Gasteiger partial charge in [-0.3, -0.25) is 4.79 Å². The standard InChI is InChI=1S/C21H29N3O3/c1-15(2)6-7-18-11-16(3)19(21(26)27-18)20(25)24-9-4-5-17(13-24)12-23-10-8-22-14-23/h8,10-11,14-15,17H,4-7,9,12-13H2,1-3H3. The number of aromatic nitrogens is 2. The number of carbonyl (C=O) groups excluding carboxylic acids is 1. The lowest BCUT2D eigenvalue weighted by Crippen LogP contribution is -2.42. The Bertz CT molecular complexity index is 824. The van der Waals surface area contributed by atoms with Gasteiger partial charge in [0.2, 0.25) is 0 Å². The largest absolute Gasteiger partial charge is 0.427 e. The summed E-state index contributed by atoms with van der Waals surface area (Å²) in [6.45, 7) is 8.29. The molecular formula is C21H29N3O3. The topological polar surface area (TPSA) is 68.3 Å². The molecule has 146 valence electrons. The Morgan fingerprint density at radius 1 is 1.41 bits per heavy atom. The zero-order valence-corrected chi connectivity index (χ0v) is 16.5. The number of aryl methyl sites for hydroxylation is 2. The molecule has 1 aliphatic rings. The van der Waals surface area contributed by atoms with Crippen molar-refractivity contribution in [3.8, 4) is 0 Å². The van der Waals surface area contributed by atoms with Crippen LogP contribution in [0.3, 0.4) is 0 Å². The van der Waals surface area contributed by atoms with E-state index < -0.39 is 5.63 Å². The van der Waals surface area contributed by atoms with Crippen LogP contribution in [-0.2, 0) is 13.0 Å². The molecule has 6 nitrogen and oxygen atoms in total. The van der Waals surface area contributed by atoms with Gasteiger partial charge in [0, 0.05) is 38.4 Å². The smallest absolute Gasteiger partial charge is 0.349 e. The van der Waals surface area contributed by atoms with Gasteiger partial charge < -0.3 is 13.9 Å². The van der Waals surface area contributed by atoms with Crippen molar-refractivity contribution in [3.05, 3.63) is 52.1 Å². The van der Waals surface area contributed by atoms with Crippen LogP contribution in [0, 0.1) is 18.8 Å². The van der Waals surface area contributed by atoms with Crippen molar-refractivity contribution >= 4 is 5.91 Å². The molecule has 1 fully saturated rings. The minimum absolute atomic E-state index is 0.187. The second-order valence-corrected chi connectivity index (χ2v) is 8.01. The van der Waals surface area contributed by atoms with E-state index in [1.165, 1.54) is 0 Å². The first-order valence-corrected chi connectivity index (χ1v) is 9.82. The van der Waals surface area contributed by atoms with Crippen molar-refractivity contribution in [2.75, 3.05) is 13.1 Å². The molecule has 2 aromatic heterocycles. The monoisotopic (exact) mass is 371 g/mol. The fraction of sp³-hybridized carbons (Fsp3) is 0.571. The maximum Gasteiger partial charge on any atom is 0.349 e. The average Bonchev–Trinajstić information content (AvgIpc) is 3.12. The summed E-state index contributed by atoms with van der Waals surface area (Å²) in [7, 11) is 0. The maximum absolute atomic E-state index is 13.0. The lowest BCUT2D eigenvalue weighted by atomic mass is 9.97. The van der Waals surface area contributed by atoms with Crippen molar-refractivity contribution in [1.29, 1.82) is 0 Å². The molecule has 1 aliphatic heterocycles. The predicted octanol–water partition coefficient (Wildman–Crippen LogP) is 3.29. The van der Waals surface area contributed by atoms with Crippen LogP contribution in [0.1, 0.15) is 54.8 Å². The maximum atomic E-state index is 13.0. The van der Waals surface area contributed by atoms with E-state index in [2.05, 4.69) is 18.8 Å². The summed E-state index contributed by atoms with van der Waals surface area (Å²) in [5, 5.41) is 0. The molecule has 1 amide bonds. The molecule has 0 bridgehead atoms. The Morgan fingerprint density at radius 3 is 2.89 bits per heavy atom. The van der Waals surface area contributed by atoms with Gasteiger partial charge in [0.25, 0.3) is 5.91 Å². The van der Waals surface area contributed by atoms with Crippen LogP contribution in [0.15, 0.2) is 34.0 Å². The number of nitrogens with zero attached hydrogens (tertiary/aromatic N) is 3. The number of imidazole rings is 1. The third kappa shape index (κ3) is 4.87. The van der Waals surface area contributed by atoms with Crippen molar-refractivity contribution in [2.24, 2.45) is 11.8 Å². The summed E-state index contributed by atoms with van der Waals surface area (Å²) in [5.41, 5.74) is 0.397. The minimum atomic E-state index is -0.504. The molecule has 1 atom stereocenters. The van der Waals surface area contributed by atoms with Crippen molar-refractivity contribution < 1.29 is 9.21 Å². The van der Waals surface area contributed by atoms with Gasteiger partial charge in [-0.05, 0) is 49.7 Å². The SMILES string of the molecule is Cc1cc(CCC(C)C)oc(=O)c1C(=O)N1CCCC(Cn2ccnc2)C1. The van der Waals surface area contributed by atoms with E-state index in [-0.39, 0.29) is 11.5 Å². The number of amides is 1. The number of hydrogen-bond acceptors (Lipinski definition) is 4. The van der Waals surface area contributed by atoms with Crippen molar-refractivity contribution in [1.82, 2.24) is 14.5 Å². The number of hydrogen-bond donors (Lipinski definition) is 0. The van der Waals surface area contributed by atoms with Crippen LogP contribution in [0.4, 0.5) is 0 Å². The molecule has 0 aliphatic carbocycles. The summed E-state index contributed by atoms with van der Waals surface area (Å²) >= 11 is 0. The van der Waals surface area contributed by atoms with Crippen LogP contribution in [0.5, 0.6) is 0 Å². The number of piperidine rings is 1. The van der Waals surface area contributed by atoms with E-state index in [9.17, 15) is 9.59 Å². The average molecular weight is 371 g/mol. The Hall–Kier alpha value is -2.37. The van der Waals surface area contributed by atoms with E-state index in [0.29, 0.717) is 36.2 Å². The number of rotatable bonds is 6. The van der Waals surface area contributed by atoms with Crippen LogP contribution in [-0.4, -0.2) is 33.4 Å². The van der Waals surface area contributed by atoms with Gasteiger partial charge in [0.1, 0.15) is 11.3 Å². The van der Waals surface area contributed by atoms with Gasteiger partial charge in [0.05, 0.1) is 6.33 Å². The summed E-state index contributed by atoms with van der Waals surface area (Å²) in [4.78, 5) is 31.4. The first-order chi connectivity index (χ1) is 12.9. The van der Waals surface area contributed by atoms with Crippen LogP contribution in [0.25, 0.3) is 0 Å². The van der Waals surface area contributed by atoms with Gasteiger partial charge in [-0.15, -0.1) is 0 Å². The Balaban J connectivity index is 1.71. The molecule has 3 rings (SSSR count). The first kappa shape index (κ1) is 19.4. The molecular weight excluding hydrogens is 342 g/mol. The molecule has 1 saturated heterocycles. The molecule has 27 heavy (non-hydrogen) atoms. The molecule has 0 saturated carbocycles. The van der Waals surface area contributed by atoms with Crippen molar-refractivity contribution in [3.63, 3.8) is 0 Å². The second-order valence-electron chi connectivity index (χ2n) is 8.01. The molecule has 2 aromatic rings. The highest BCUT2D eigenvalue weighted by Gasteiger charge is 2.28. The first-order valence-electron chi connectivity index (χ1n) is 9.82. The second kappa shape index (κ2) is 8.55. The molecule has 0 spiro atoms. The van der Waals surface area contributed by atoms with Crippen LogP contribution < -0.4 is 5.63 Å². The molecule has 3 heterocycles. The summed E-state index contributed by atoms with van der Waals surface area (Å²) in [6, 6.07) is 1.85. The fourth-order valence-electron chi connectivity index (χ4n) is 3.73. The highest BCUT2D eigenvalue weighted by atomic mass is 16.4. The van der Waals surface area contributed by atoms with Gasteiger partial charge >= 0.3 is 5.63 Å². The molecule has 0 N–H and O–H groups in total. The zero-order chi connectivity index (χ0) is 19.4. The highest BCUT2D eigenvalue weighted by molar-refractivity contribution is 5.95. The fourth-order valence-corrected chi connectivity index (χ4v) is 3.73. The van der Waals surface area contributed by atoms with E-state index in [0.717, 1.165) is 32.2 Å². The lowest BCUT2D eigenvalue weighted by molar-refractivity contribution is 0.0656. The minimum Gasteiger partial charge on any atom is -0.427 e. The van der Waals surface area contributed by atoms with Gasteiger partial charge in [0.15, 0.2) is 0 Å². The highest BCUT2D eigenvalue weighted by Crippen LogP contribution is 2.21. The summed E-state index contributed by atoms with van der Waals surface area (Å²) in [5.74, 6) is 1.37. The Morgan fingerprint density at radius 2 is 2.22 bits per heavy atom. The Labute approximate surface area is 160 Å². The van der Waals surface area contributed by atoms with Crippen LogP contribution >= 0.6 is 0 Å². The Kier molecular flexibility index (Phi) is 6.14. The van der Waals surface area contributed by atoms with Gasteiger partial charge in [-0.1, -0.05) is 13.8 Å². The summed E-state index contributed by atoms with van der Waals surface area (Å²) in [6.07, 6.45) is 9.20.